The van der Waals surface area contributed by atoms with Gasteiger partial charge in [0.25, 0.3) is 0 Å². The van der Waals surface area contributed by atoms with Crippen LogP contribution in [0.3, 0.4) is 0 Å². The Bertz CT molecular complexity index is 1150. The van der Waals surface area contributed by atoms with Crippen LogP contribution in [-0.4, -0.2) is 21.0 Å². The average Bonchev–Trinajstić information content (AvgIpc) is 3.11. The van der Waals surface area contributed by atoms with E-state index in [9.17, 15) is 8.42 Å². The SMILES string of the molecule is CCCCCCCCCCCCCCCCCC[N+]1(OS(=O)(=O)c2ccc(Cl)cc2)c2ccccc2C(C)(C)C1C. The number of benzene rings is 2. The van der Waals surface area contributed by atoms with E-state index in [-0.39, 0.29) is 21.0 Å². The Morgan fingerprint density at radius 2 is 1.20 bits per heavy atom. The van der Waals surface area contributed by atoms with E-state index < -0.39 is 10.1 Å². The minimum atomic E-state index is -4.00. The van der Waals surface area contributed by atoms with Gasteiger partial charge in [0.05, 0.1) is 10.3 Å². The van der Waals surface area contributed by atoms with Crippen LogP contribution in [0.15, 0.2) is 53.4 Å². The van der Waals surface area contributed by atoms with Crippen LogP contribution in [-0.2, 0) is 19.8 Å². The lowest BCUT2D eigenvalue weighted by Gasteiger charge is -2.37. The first-order chi connectivity index (χ1) is 19.6. The van der Waals surface area contributed by atoms with Crippen molar-refractivity contribution < 1.29 is 12.7 Å². The van der Waals surface area contributed by atoms with Crippen molar-refractivity contribution in [2.45, 2.75) is 147 Å². The van der Waals surface area contributed by atoms with E-state index in [1.54, 1.807) is 12.1 Å². The smallest absolute Gasteiger partial charge is 0.189 e. The van der Waals surface area contributed by atoms with Crippen molar-refractivity contribution in [1.82, 2.24) is 4.65 Å². The number of hydrogen-bond donors (Lipinski definition) is 0. The number of nitrogens with zero attached hydrogens (tertiary/aromatic N) is 1. The summed E-state index contributed by atoms with van der Waals surface area (Å²) >= 11 is 6.03. The molecule has 2 unspecified atom stereocenters. The molecular formula is C35H55ClNO3S+. The lowest BCUT2D eigenvalue weighted by atomic mass is 9.81. The van der Waals surface area contributed by atoms with Gasteiger partial charge in [0.2, 0.25) is 0 Å². The molecule has 2 atom stereocenters. The van der Waals surface area contributed by atoms with Gasteiger partial charge >= 0.3 is 10.1 Å². The van der Waals surface area contributed by atoms with Crippen molar-refractivity contribution in [3.63, 3.8) is 0 Å². The van der Waals surface area contributed by atoms with Crippen molar-refractivity contribution in [2.24, 2.45) is 0 Å². The number of halogens is 1. The number of hydroxylamine groups is 2. The molecule has 0 aromatic heterocycles. The normalized spacial score (nSPS) is 19.9. The van der Waals surface area contributed by atoms with Crippen LogP contribution in [0.1, 0.15) is 136 Å². The maximum absolute atomic E-state index is 13.6. The zero-order valence-corrected chi connectivity index (χ0v) is 27.7. The zero-order valence-electron chi connectivity index (χ0n) is 26.2. The molecule has 0 saturated carbocycles. The van der Waals surface area contributed by atoms with Crippen molar-refractivity contribution in [3.8, 4) is 0 Å². The van der Waals surface area contributed by atoms with Crippen molar-refractivity contribution in [1.29, 1.82) is 0 Å². The second-order valence-electron chi connectivity index (χ2n) is 12.7. The number of para-hydroxylation sites is 1. The molecule has 1 aliphatic rings. The van der Waals surface area contributed by atoms with Gasteiger partial charge in [0, 0.05) is 16.7 Å². The Morgan fingerprint density at radius 3 is 1.71 bits per heavy atom. The molecule has 0 radical (unpaired) electrons. The number of hydrogen-bond acceptors (Lipinski definition) is 3. The zero-order chi connectivity index (χ0) is 29.8. The Balaban J connectivity index is 1.48. The second-order valence-corrected chi connectivity index (χ2v) is 14.7. The molecule has 0 bridgehead atoms. The molecule has 1 heterocycles. The molecular weight excluding hydrogens is 550 g/mol. The Kier molecular flexibility index (Phi) is 13.7. The fourth-order valence-corrected chi connectivity index (χ4v) is 7.79. The summed E-state index contributed by atoms with van der Waals surface area (Å²) in [6.07, 6.45) is 21.0. The van der Waals surface area contributed by atoms with Crippen LogP contribution in [0.25, 0.3) is 0 Å². The molecule has 0 fully saturated rings. The standard InChI is InChI=1S/C35H55ClNO3S/c1-5-6-7-8-9-10-11-12-13-14-15-16-17-18-19-22-29-37(40-41(38,39)32-27-25-31(36)26-28-32)30(2)35(3,4)33-23-20-21-24-34(33)37/h20-21,23-28,30H,5-19,22,29H2,1-4H3/q+1. The lowest BCUT2D eigenvalue weighted by Crippen LogP contribution is -2.58. The molecule has 2 aromatic rings. The van der Waals surface area contributed by atoms with Crippen LogP contribution in [0.2, 0.25) is 5.02 Å². The van der Waals surface area contributed by atoms with Crippen LogP contribution in [0.4, 0.5) is 5.69 Å². The third-order valence-electron chi connectivity index (χ3n) is 9.35. The van der Waals surface area contributed by atoms with E-state index in [1.807, 2.05) is 18.2 Å². The summed E-state index contributed by atoms with van der Waals surface area (Å²) in [6.45, 7) is 9.43. The fraction of sp³-hybridized carbons (Fsp3) is 0.657. The molecule has 230 valence electrons. The van der Waals surface area contributed by atoms with E-state index in [2.05, 4.69) is 33.8 Å². The van der Waals surface area contributed by atoms with Gasteiger partial charge in [0.1, 0.15) is 12.6 Å². The average molecular weight is 605 g/mol. The summed E-state index contributed by atoms with van der Waals surface area (Å²) in [7, 11) is -4.00. The van der Waals surface area contributed by atoms with Gasteiger partial charge in [-0.25, -0.2) is 0 Å². The molecule has 0 spiro atoms. The molecule has 41 heavy (non-hydrogen) atoms. The topological polar surface area (TPSA) is 43.4 Å². The third kappa shape index (κ3) is 9.29. The maximum Gasteiger partial charge on any atom is 0.343 e. The first kappa shape index (κ1) is 34.1. The summed E-state index contributed by atoms with van der Waals surface area (Å²) in [4.78, 5) is 0.140. The fourth-order valence-electron chi connectivity index (χ4n) is 6.47. The molecule has 6 heteroatoms. The van der Waals surface area contributed by atoms with Gasteiger partial charge in [-0.1, -0.05) is 131 Å². The predicted octanol–water partition coefficient (Wildman–Crippen LogP) is 10.9. The van der Waals surface area contributed by atoms with E-state index in [4.69, 9.17) is 15.9 Å². The third-order valence-corrected chi connectivity index (χ3v) is 10.9. The van der Waals surface area contributed by atoms with E-state index in [1.165, 1.54) is 102 Å². The number of fused-ring (bicyclic) bond motifs is 1. The summed E-state index contributed by atoms with van der Waals surface area (Å²) in [6, 6.07) is 14.4. The number of quaternary nitrogens is 1. The largest absolute Gasteiger partial charge is 0.343 e. The molecule has 2 aromatic carbocycles. The maximum atomic E-state index is 13.6. The number of unbranched alkanes of at least 4 members (excludes halogenated alkanes) is 15. The van der Waals surface area contributed by atoms with Gasteiger partial charge in [0.15, 0.2) is 5.69 Å². The Morgan fingerprint density at radius 1 is 0.732 bits per heavy atom. The summed E-state index contributed by atoms with van der Waals surface area (Å²) in [5.41, 5.74) is 1.90. The predicted molar refractivity (Wildman–Crippen MR) is 175 cm³/mol. The van der Waals surface area contributed by atoms with Gasteiger partial charge in [-0.2, -0.15) is 8.42 Å². The monoisotopic (exact) mass is 604 g/mol. The van der Waals surface area contributed by atoms with E-state index in [0.717, 1.165) is 24.1 Å². The highest BCUT2D eigenvalue weighted by molar-refractivity contribution is 7.86. The van der Waals surface area contributed by atoms with Gasteiger partial charge in [-0.3, -0.25) is 0 Å². The Labute approximate surface area is 256 Å². The highest BCUT2D eigenvalue weighted by atomic mass is 35.5. The molecule has 3 rings (SSSR count). The first-order valence-corrected chi connectivity index (χ1v) is 18.1. The lowest BCUT2D eigenvalue weighted by molar-refractivity contribution is -0.0787. The molecule has 1 aliphatic heterocycles. The summed E-state index contributed by atoms with van der Waals surface area (Å²) < 4.78 is 33.4. The van der Waals surface area contributed by atoms with Gasteiger partial charge in [-0.05, 0) is 57.9 Å². The minimum absolute atomic E-state index is 0.00668. The van der Waals surface area contributed by atoms with Crippen molar-refractivity contribution >= 4 is 27.4 Å². The van der Waals surface area contributed by atoms with Crippen LogP contribution >= 0.6 is 11.6 Å². The van der Waals surface area contributed by atoms with Crippen LogP contribution < -0.4 is 4.65 Å². The molecule has 0 N–H and O–H groups in total. The molecule has 4 nitrogen and oxygen atoms in total. The summed E-state index contributed by atoms with van der Waals surface area (Å²) in [5, 5.41) is 0.502. The molecule has 0 saturated heterocycles. The quantitative estimate of drug-likeness (QED) is 0.111. The first-order valence-electron chi connectivity index (χ1n) is 16.3. The number of rotatable bonds is 20. The second kappa shape index (κ2) is 16.4. The summed E-state index contributed by atoms with van der Waals surface area (Å²) in [5.74, 6) is 0. The van der Waals surface area contributed by atoms with Gasteiger partial charge < -0.3 is 0 Å². The van der Waals surface area contributed by atoms with E-state index >= 15 is 0 Å². The van der Waals surface area contributed by atoms with Crippen LogP contribution in [0.5, 0.6) is 0 Å². The van der Waals surface area contributed by atoms with Crippen molar-refractivity contribution in [2.75, 3.05) is 6.54 Å². The Hall–Kier alpha value is -1.40. The minimum Gasteiger partial charge on any atom is -0.189 e. The van der Waals surface area contributed by atoms with Gasteiger partial charge in [-0.15, -0.1) is 4.65 Å². The highest BCUT2D eigenvalue weighted by Gasteiger charge is 2.59. The molecule has 0 amide bonds. The van der Waals surface area contributed by atoms with Crippen molar-refractivity contribution in [3.05, 3.63) is 59.1 Å². The van der Waals surface area contributed by atoms with Crippen LogP contribution in [0, 0.1) is 0 Å². The van der Waals surface area contributed by atoms with E-state index in [0.29, 0.717) is 11.6 Å². The highest BCUT2D eigenvalue weighted by Crippen LogP contribution is 2.51. The molecule has 0 aliphatic carbocycles.